The summed E-state index contributed by atoms with van der Waals surface area (Å²) in [5.41, 5.74) is 0. The highest BCUT2D eigenvalue weighted by atomic mass is 16.5. The van der Waals surface area contributed by atoms with Gasteiger partial charge in [0.05, 0.1) is 13.2 Å². The molecular formula is C15H27N3O2. The fourth-order valence-corrected chi connectivity index (χ4v) is 2.34. The zero-order chi connectivity index (χ0) is 14.0. The first-order valence-electron chi connectivity index (χ1n) is 7.64. The van der Waals surface area contributed by atoms with E-state index in [9.17, 15) is 0 Å². The van der Waals surface area contributed by atoms with E-state index in [1.165, 1.54) is 6.42 Å². The van der Waals surface area contributed by atoms with E-state index in [0.29, 0.717) is 6.61 Å². The first-order chi connectivity index (χ1) is 9.84. The van der Waals surface area contributed by atoms with Crippen molar-refractivity contribution in [3.05, 3.63) is 24.0 Å². The van der Waals surface area contributed by atoms with E-state index in [-0.39, 0.29) is 0 Å². The molecule has 0 aromatic heterocycles. The number of hydrazine groups is 1. The SMILES string of the molecule is NN(CCOC1=CCCCC=C1)CCN1CCOCC1. The Morgan fingerprint density at radius 2 is 2.10 bits per heavy atom. The third kappa shape index (κ3) is 6.05. The number of hydrogen-bond acceptors (Lipinski definition) is 5. The highest BCUT2D eigenvalue weighted by molar-refractivity contribution is 5.13. The van der Waals surface area contributed by atoms with Gasteiger partial charge in [0, 0.05) is 32.7 Å². The second-order valence-corrected chi connectivity index (χ2v) is 5.28. The van der Waals surface area contributed by atoms with E-state index < -0.39 is 0 Å². The predicted octanol–water partition coefficient (Wildman–Crippen LogP) is 1.13. The van der Waals surface area contributed by atoms with Crippen molar-refractivity contribution < 1.29 is 9.47 Å². The van der Waals surface area contributed by atoms with E-state index >= 15 is 0 Å². The summed E-state index contributed by atoms with van der Waals surface area (Å²) in [7, 11) is 0. The molecule has 1 heterocycles. The first kappa shape index (κ1) is 15.5. The highest BCUT2D eigenvalue weighted by Gasteiger charge is 2.10. The molecule has 1 aliphatic heterocycles. The fourth-order valence-electron chi connectivity index (χ4n) is 2.34. The van der Waals surface area contributed by atoms with Crippen LogP contribution in [0.5, 0.6) is 0 Å². The van der Waals surface area contributed by atoms with Gasteiger partial charge in [0.1, 0.15) is 12.4 Å². The van der Waals surface area contributed by atoms with Crippen LogP contribution in [0.1, 0.15) is 19.3 Å². The van der Waals surface area contributed by atoms with Crippen molar-refractivity contribution in [2.45, 2.75) is 19.3 Å². The number of hydrogen-bond donors (Lipinski definition) is 1. The maximum Gasteiger partial charge on any atom is 0.115 e. The van der Waals surface area contributed by atoms with Crippen LogP contribution in [0.4, 0.5) is 0 Å². The van der Waals surface area contributed by atoms with Crippen molar-refractivity contribution in [3.63, 3.8) is 0 Å². The van der Waals surface area contributed by atoms with Gasteiger partial charge in [0.2, 0.25) is 0 Å². The molecule has 0 unspecified atom stereocenters. The van der Waals surface area contributed by atoms with Crippen molar-refractivity contribution >= 4 is 0 Å². The Morgan fingerprint density at radius 1 is 1.25 bits per heavy atom. The van der Waals surface area contributed by atoms with Gasteiger partial charge >= 0.3 is 0 Å². The average Bonchev–Trinajstić information content (AvgIpc) is 2.75. The lowest BCUT2D eigenvalue weighted by Gasteiger charge is -2.28. The minimum atomic E-state index is 0.649. The number of allylic oxidation sites excluding steroid dienone is 3. The van der Waals surface area contributed by atoms with Crippen molar-refractivity contribution in [1.82, 2.24) is 9.91 Å². The number of nitrogens with two attached hydrogens (primary N) is 1. The Kier molecular flexibility index (Phi) is 7.08. The van der Waals surface area contributed by atoms with Crippen molar-refractivity contribution in [2.75, 3.05) is 52.5 Å². The minimum absolute atomic E-state index is 0.649. The fraction of sp³-hybridized carbons (Fsp3) is 0.733. The molecule has 2 N–H and O–H groups in total. The molecule has 1 saturated heterocycles. The molecule has 114 valence electrons. The lowest BCUT2D eigenvalue weighted by atomic mass is 10.2. The summed E-state index contributed by atoms with van der Waals surface area (Å²) >= 11 is 0. The van der Waals surface area contributed by atoms with Gasteiger partial charge in [-0.1, -0.05) is 6.08 Å². The summed E-state index contributed by atoms with van der Waals surface area (Å²) in [6.07, 6.45) is 9.88. The molecule has 5 heteroatoms. The smallest absolute Gasteiger partial charge is 0.115 e. The molecule has 0 amide bonds. The molecule has 0 aromatic carbocycles. The Balaban J connectivity index is 1.55. The predicted molar refractivity (Wildman–Crippen MR) is 80.0 cm³/mol. The largest absolute Gasteiger partial charge is 0.493 e. The molecule has 2 rings (SSSR count). The lowest BCUT2D eigenvalue weighted by molar-refractivity contribution is 0.0321. The molecule has 1 aliphatic carbocycles. The third-order valence-electron chi connectivity index (χ3n) is 3.66. The molecule has 5 nitrogen and oxygen atoms in total. The molecule has 1 fully saturated rings. The zero-order valence-electron chi connectivity index (χ0n) is 12.3. The van der Waals surface area contributed by atoms with Crippen LogP contribution < -0.4 is 5.84 Å². The quantitative estimate of drug-likeness (QED) is 0.560. The summed E-state index contributed by atoms with van der Waals surface area (Å²) < 4.78 is 11.1. The Morgan fingerprint density at radius 3 is 2.95 bits per heavy atom. The van der Waals surface area contributed by atoms with Crippen LogP contribution in [-0.2, 0) is 9.47 Å². The monoisotopic (exact) mass is 281 g/mol. The molecule has 0 aromatic rings. The maximum absolute atomic E-state index is 6.00. The van der Waals surface area contributed by atoms with Crippen molar-refractivity contribution in [3.8, 4) is 0 Å². The van der Waals surface area contributed by atoms with Gasteiger partial charge in [0.15, 0.2) is 0 Å². The summed E-state index contributed by atoms with van der Waals surface area (Å²) in [6.45, 7) is 7.00. The average molecular weight is 281 g/mol. The summed E-state index contributed by atoms with van der Waals surface area (Å²) in [4.78, 5) is 2.39. The number of ether oxygens (including phenoxy) is 2. The van der Waals surface area contributed by atoms with Gasteiger partial charge in [0.25, 0.3) is 0 Å². The van der Waals surface area contributed by atoms with Gasteiger partial charge in [-0.25, -0.2) is 5.01 Å². The standard InChI is InChI=1S/C15H27N3O2/c16-18(8-7-17-9-12-19-13-10-17)11-14-20-15-5-3-1-2-4-6-15/h3,5-6H,1-2,4,7-14,16H2. The first-order valence-corrected chi connectivity index (χ1v) is 7.64. The van der Waals surface area contributed by atoms with Crippen molar-refractivity contribution in [1.29, 1.82) is 0 Å². The van der Waals surface area contributed by atoms with E-state index in [0.717, 1.165) is 64.5 Å². The van der Waals surface area contributed by atoms with Crippen molar-refractivity contribution in [2.24, 2.45) is 5.84 Å². The van der Waals surface area contributed by atoms with E-state index in [1.807, 2.05) is 5.01 Å². The Bertz CT molecular complexity index is 325. The molecular weight excluding hydrogens is 254 g/mol. The third-order valence-corrected chi connectivity index (χ3v) is 3.66. The molecule has 20 heavy (non-hydrogen) atoms. The van der Waals surface area contributed by atoms with Gasteiger partial charge in [-0.15, -0.1) is 0 Å². The summed E-state index contributed by atoms with van der Waals surface area (Å²) in [6, 6.07) is 0. The van der Waals surface area contributed by atoms with Crippen LogP contribution in [0, 0.1) is 0 Å². The molecule has 2 aliphatic rings. The molecule has 0 bridgehead atoms. The van der Waals surface area contributed by atoms with Crippen LogP contribution in [0.25, 0.3) is 0 Å². The van der Waals surface area contributed by atoms with Gasteiger partial charge in [-0.2, -0.15) is 0 Å². The molecule has 0 radical (unpaired) electrons. The summed E-state index contributed by atoms with van der Waals surface area (Å²) in [5, 5.41) is 1.84. The Hall–Kier alpha value is -0.880. The van der Waals surface area contributed by atoms with Crippen LogP contribution in [-0.4, -0.2) is 62.5 Å². The second kappa shape index (κ2) is 9.13. The number of morpholine rings is 1. The van der Waals surface area contributed by atoms with Gasteiger partial charge in [-0.05, 0) is 31.4 Å². The van der Waals surface area contributed by atoms with Crippen LogP contribution >= 0.6 is 0 Å². The van der Waals surface area contributed by atoms with Crippen LogP contribution in [0.15, 0.2) is 24.0 Å². The number of rotatable bonds is 7. The topological polar surface area (TPSA) is 51.0 Å². The van der Waals surface area contributed by atoms with Crippen LogP contribution in [0.3, 0.4) is 0 Å². The summed E-state index contributed by atoms with van der Waals surface area (Å²) in [5.74, 6) is 6.99. The highest BCUT2D eigenvalue weighted by Crippen LogP contribution is 2.10. The van der Waals surface area contributed by atoms with E-state index in [4.69, 9.17) is 15.3 Å². The normalized spacial score (nSPS) is 20.8. The maximum atomic E-state index is 6.00. The van der Waals surface area contributed by atoms with E-state index in [2.05, 4.69) is 23.1 Å². The van der Waals surface area contributed by atoms with Gasteiger partial charge < -0.3 is 9.47 Å². The minimum Gasteiger partial charge on any atom is -0.493 e. The molecule has 0 spiro atoms. The lowest BCUT2D eigenvalue weighted by Crippen LogP contribution is -2.44. The van der Waals surface area contributed by atoms with E-state index in [1.54, 1.807) is 0 Å². The number of nitrogens with zero attached hydrogens (tertiary/aromatic N) is 2. The Labute approximate surface area is 122 Å². The molecule has 0 saturated carbocycles. The zero-order valence-corrected chi connectivity index (χ0v) is 12.3. The molecule has 0 atom stereocenters. The second-order valence-electron chi connectivity index (χ2n) is 5.28. The van der Waals surface area contributed by atoms with Crippen LogP contribution in [0.2, 0.25) is 0 Å². The van der Waals surface area contributed by atoms with Gasteiger partial charge in [-0.3, -0.25) is 10.7 Å².